The molecule has 1 heterocycles. The highest BCUT2D eigenvalue weighted by Crippen LogP contribution is 2.45. The second-order valence-electron chi connectivity index (χ2n) is 6.67. The maximum Gasteiger partial charge on any atom is 0.336 e. The van der Waals surface area contributed by atoms with E-state index in [0.29, 0.717) is 22.1 Å². The van der Waals surface area contributed by atoms with Gasteiger partial charge in [-0.1, -0.05) is 49.9 Å². The summed E-state index contributed by atoms with van der Waals surface area (Å²) in [7, 11) is 0. The molecule has 0 saturated carbocycles. The first-order valence-corrected chi connectivity index (χ1v) is 9.17. The Morgan fingerprint density at radius 1 is 1.24 bits per heavy atom. The number of nitrogens with zero attached hydrogens (tertiary/aromatic N) is 1. The lowest BCUT2D eigenvalue weighted by Crippen LogP contribution is -2.24. The molecule has 0 radical (unpaired) electrons. The third kappa shape index (κ3) is 4.08. The number of benzene rings is 1. The van der Waals surface area contributed by atoms with Crippen molar-refractivity contribution in [3.63, 3.8) is 0 Å². The highest BCUT2D eigenvalue weighted by molar-refractivity contribution is 8.06. The standard InChI is InChI=1S/C20H24N2O2S/c1-11(2)14-6-8-15(9-7-14)18-16(10-21)19(22)25-13(5)17(18)20(23)24-12(3)4/h6-9,11-12,18H,22H2,1-5H3/t18-/m0/s1. The summed E-state index contributed by atoms with van der Waals surface area (Å²) in [5.41, 5.74) is 9.07. The number of esters is 1. The fourth-order valence-corrected chi connectivity index (χ4v) is 3.74. The maximum atomic E-state index is 12.7. The number of nitriles is 1. The Morgan fingerprint density at radius 2 is 1.84 bits per heavy atom. The van der Waals surface area contributed by atoms with Gasteiger partial charge in [0.2, 0.25) is 0 Å². The van der Waals surface area contributed by atoms with Gasteiger partial charge in [0.25, 0.3) is 0 Å². The molecule has 25 heavy (non-hydrogen) atoms. The topological polar surface area (TPSA) is 76.1 Å². The monoisotopic (exact) mass is 356 g/mol. The minimum atomic E-state index is -0.487. The lowest BCUT2D eigenvalue weighted by atomic mass is 9.83. The molecular formula is C20H24N2O2S. The van der Waals surface area contributed by atoms with Crippen LogP contribution in [0.2, 0.25) is 0 Å². The van der Waals surface area contributed by atoms with Gasteiger partial charge < -0.3 is 10.5 Å². The number of nitrogens with two attached hydrogens (primary N) is 1. The number of carbonyl (C=O) groups excluding carboxylic acids is 1. The number of carbonyl (C=O) groups is 1. The molecule has 2 rings (SSSR count). The van der Waals surface area contributed by atoms with Crippen LogP contribution in [0.25, 0.3) is 0 Å². The second kappa shape index (κ2) is 7.79. The predicted molar refractivity (Wildman–Crippen MR) is 102 cm³/mol. The lowest BCUT2D eigenvalue weighted by molar-refractivity contribution is -0.142. The van der Waals surface area contributed by atoms with Crippen LogP contribution < -0.4 is 5.73 Å². The minimum Gasteiger partial charge on any atom is -0.460 e. The molecule has 0 unspecified atom stereocenters. The van der Waals surface area contributed by atoms with E-state index < -0.39 is 11.9 Å². The van der Waals surface area contributed by atoms with Crippen molar-refractivity contribution in [1.29, 1.82) is 5.26 Å². The van der Waals surface area contributed by atoms with Crippen LogP contribution in [-0.2, 0) is 9.53 Å². The summed E-state index contributed by atoms with van der Waals surface area (Å²) in [6.07, 6.45) is -0.226. The van der Waals surface area contributed by atoms with Crippen LogP contribution in [0.3, 0.4) is 0 Å². The van der Waals surface area contributed by atoms with Gasteiger partial charge in [-0.15, -0.1) is 0 Å². The van der Waals surface area contributed by atoms with E-state index in [1.165, 1.54) is 17.3 Å². The molecule has 4 nitrogen and oxygen atoms in total. The predicted octanol–water partition coefficient (Wildman–Crippen LogP) is 4.56. The van der Waals surface area contributed by atoms with Crippen LogP contribution in [0.4, 0.5) is 0 Å². The molecule has 0 aromatic heterocycles. The lowest BCUT2D eigenvalue weighted by Gasteiger charge is -2.27. The van der Waals surface area contributed by atoms with Crippen LogP contribution in [0.15, 0.2) is 45.3 Å². The van der Waals surface area contributed by atoms with Gasteiger partial charge in [-0.3, -0.25) is 0 Å². The van der Waals surface area contributed by atoms with Crippen LogP contribution in [0.1, 0.15) is 57.6 Å². The van der Waals surface area contributed by atoms with Gasteiger partial charge in [0.15, 0.2) is 0 Å². The summed E-state index contributed by atoms with van der Waals surface area (Å²) in [6, 6.07) is 10.2. The van der Waals surface area contributed by atoms with Gasteiger partial charge in [0, 0.05) is 0 Å². The van der Waals surface area contributed by atoms with E-state index in [1.807, 2.05) is 45.0 Å². The zero-order valence-electron chi connectivity index (χ0n) is 15.3. The van der Waals surface area contributed by atoms with Crippen molar-refractivity contribution >= 4 is 17.7 Å². The molecule has 5 heteroatoms. The molecule has 1 atom stereocenters. The van der Waals surface area contributed by atoms with Crippen LogP contribution in [0.5, 0.6) is 0 Å². The highest BCUT2D eigenvalue weighted by Gasteiger charge is 2.35. The molecule has 0 bridgehead atoms. The Kier molecular flexibility index (Phi) is 5.97. The molecule has 0 fully saturated rings. The van der Waals surface area contributed by atoms with Gasteiger partial charge in [0.05, 0.1) is 34.3 Å². The molecule has 0 spiro atoms. The average Bonchev–Trinajstić information content (AvgIpc) is 2.53. The number of ether oxygens (including phenoxy) is 1. The van der Waals surface area contributed by atoms with Crippen molar-refractivity contribution < 1.29 is 9.53 Å². The number of hydrogen-bond donors (Lipinski definition) is 1. The third-order valence-electron chi connectivity index (χ3n) is 4.10. The Balaban J connectivity index is 2.55. The van der Waals surface area contributed by atoms with Crippen molar-refractivity contribution in [1.82, 2.24) is 0 Å². The van der Waals surface area contributed by atoms with E-state index in [1.54, 1.807) is 0 Å². The summed E-state index contributed by atoms with van der Waals surface area (Å²) >= 11 is 1.26. The van der Waals surface area contributed by atoms with Gasteiger partial charge in [-0.25, -0.2) is 4.79 Å². The Hall–Kier alpha value is -2.19. The van der Waals surface area contributed by atoms with Crippen LogP contribution >= 0.6 is 11.8 Å². The first-order valence-electron chi connectivity index (χ1n) is 8.35. The highest BCUT2D eigenvalue weighted by atomic mass is 32.2. The molecule has 1 aliphatic rings. The largest absolute Gasteiger partial charge is 0.460 e. The molecule has 132 valence electrons. The number of rotatable bonds is 4. The van der Waals surface area contributed by atoms with E-state index in [-0.39, 0.29) is 6.10 Å². The normalized spacial score (nSPS) is 17.9. The summed E-state index contributed by atoms with van der Waals surface area (Å²) in [5.74, 6) is -0.466. The average molecular weight is 356 g/mol. The third-order valence-corrected chi connectivity index (χ3v) is 5.07. The summed E-state index contributed by atoms with van der Waals surface area (Å²) in [6.45, 7) is 9.72. The van der Waals surface area contributed by atoms with E-state index in [0.717, 1.165) is 10.5 Å². The number of hydrogen-bond acceptors (Lipinski definition) is 5. The fourth-order valence-electron chi connectivity index (χ4n) is 2.83. The van der Waals surface area contributed by atoms with Gasteiger partial charge in [-0.05, 0) is 42.7 Å². The zero-order valence-corrected chi connectivity index (χ0v) is 16.1. The Morgan fingerprint density at radius 3 is 2.32 bits per heavy atom. The van der Waals surface area contributed by atoms with Crippen molar-refractivity contribution in [2.45, 2.75) is 52.6 Å². The minimum absolute atomic E-state index is 0.226. The molecule has 1 aromatic carbocycles. The molecule has 1 aromatic rings. The molecule has 0 aliphatic carbocycles. The van der Waals surface area contributed by atoms with Crippen molar-refractivity contribution in [3.05, 3.63) is 56.5 Å². The van der Waals surface area contributed by atoms with Crippen LogP contribution in [0, 0.1) is 11.3 Å². The van der Waals surface area contributed by atoms with E-state index in [2.05, 4.69) is 19.9 Å². The Bertz CT molecular complexity index is 768. The van der Waals surface area contributed by atoms with Gasteiger partial charge in [-0.2, -0.15) is 5.26 Å². The molecule has 0 amide bonds. The van der Waals surface area contributed by atoms with Crippen LogP contribution in [-0.4, -0.2) is 12.1 Å². The Labute approximate surface area is 153 Å². The fraction of sp³-hybridized carbons (Fsp3) is 0.400. The second-order valence-corrected chi connectivity index (χ2v) is 7.93. The molecule has 2 N–H and O–H groups in total. The van der Waals surface area contributed by atoms with Gasteiger partial charge in [0.1, 0.15) is 0 Å². The smallest absolute Gasteiger partial charge is 0.336 e. The SMILES string of the molecule is CC1=C(C(=O)OC(C)C)[C@@H](c2ccc(C(C)C)cc2)C(C#N)=C(N)S1. The first kappa shape index (κ1) is 19.1. The maximum absolute atomic E-state index is 12.7. The summed E-state index contributed by atoms with van der Waals surface area (Å²) in [5, 5.41) is 10.1. The summed E-state index contributed by atoms with van der Waals surface area (Å²) < 4.78 is 5.42. The molecule has 0 saturated heterocycles. The van der Waals surface area contributed by atoms with Gasteiger partial charge >= 0.3 is 5.97 Å². The quantitative estimate of drug-likeness (QED) is 0.800. The first-order chi connectivity index (χ1) is 11.8. The number of allylic oxidation sites excluding steroid dienone is 2. The summed E-state index contributed by atoms with van der Waals surface area (Å²) in [4.78, 5) is 13.5. The van der Waals surface area contributed by atoms with E-state index in [4.69, 9.17) is 10.5 Å². The zero-order chi connectivity index (χ0) is 18.7. The van der Waals surface area contributed by atoms with E-state index in [9.17, 15) is 10.1 Å². The van der Waals surface area contributed by atoms with Crippen molar-refractivity contribution in [2.24, 2.45) is 5.73 Å². The van der Waals surface area contributed by atoms with Crippen molar-refractivity contribution in [3.8, 4) is 6.07 Å². The molecular weight excluding hydrogens is 332 g/mol. The van der Waals surface area contributed by atoms with Crippen molar-refractivity contribution in [2.75, 3.05) is 0 Å². The number of thioether (sulfide) groups is 1. The molecule has 1 aliphatic heterocycles. The van der Waals surface area contributed by atoms with E-state index >= 15 is 0 Å².